The summed E-state index contributed by atoms with van der Waals surface area (Å²) in [6, 6.07) is 22.4. The minimum atomic E-state index is -0.426. The van der Waals surface area contributed by atoms with Gasteiger partial charge in [-0.1, -0.05) is 60.7 Å². The molecule has 0 fully saturated rings. The van der Waals surface area contributed by atoms with Gasteiger partial charge in [0.25, 0.3) is 0 Å². The van der Waals surface area contributed by atoms with E-state index < -0.39 is 5.92 Å². The minimum Gasteiger partial charge on any atom is -0.316 e. The Morgan fingerprint density at radius 2 is 1.65 bits per heavy atom. The molecule has 0 spiro atoms. The molecule has 0 radical (unpaired) electrons. The molecule has 0 saturated carbocycles. The monoisotopic (exact) mass is 451 g/mol. The highest BCUT2D eigenvalue weighted by molar-refractivity contribution is 7.16. The molecule has 0 atom stereocenters. The average molecular weight is 452 g/mol. The summed E-state index contributed by atoms with van der Waals surface area (Å²) in [5, 5.41) is 13.6. The molecule has 31 heavy (non-hydrogen) atoms. The second-order valence-corrected chi connectivity index (χ2v) is 8.98. The van der Waals surface area contributed by atoms with Crippen molar-refractivity contribution in [1.29, 1.82) is 5.26 Å². The number of hydrogen-bond acceptors (Lipinski definition) is 4. The van der Waals surface area contributed by atoms with Crippen LogP contribution in [0.2, 0.25) is 0 Å². The number of nitrogens with zero attached hydrogens (tertiary/aromatic N) is 2. The molecule has 0 saturated heterocycles. The van der Waals surface area contributed by atoms with E-state index >= 15 is 0 Å². The van der Waals surface area contributed by atoms with Gasteiger partial charge in [0.1, 0.15) is 11.1 Å². The number of anilines is 1. The summed E-state index contributed by atoms with van der Waals surface area (Å²) in [5.41, 5.74) is 3.61. The van der Waals surface area contributed by atoms with E-state index in [9.17, 15) is 10.1 Å². The minimum absolute atomic E-state index is 0. The Balaban J connectivity index is 0.00000272. The van der Waals surface area contributed by atoms with E-state index in [2.05, 4.69) is 30.1 Å². The Morgan fingerprint density at radius 3 is 2.16 bits per heavy atom. The van der Waals surface area contributed by atoms with Crippen LogP contribution in [0.15, 0.2) is 60.7 Å². The van der Waals surface area contributed by atoms with Gasteiger partial charge in [-0.05, 0) is 37.0 Å². The maximum absolute atomic E-state index is 13.4. The van der Waals surface area contributed by atoms with E-state index in [1.54, 1.807) is 11.3 Å². The molecule has 160 valence electrons. The molecule has 4 rings (SSSR count). The zero-order valence-electron chi connectivity index (χ0n) is 17.7. The van der Waals surface area contributed by atoms with E-state index in [0.29, 0.717) is 16.6 Å². The van der Waals surface area contributed by atoms with Crippen LogP contribution in [0.4, 0.5) is 5.00 Å². The van der Waals surface area contributed by atoms with Gasteiger partial charge in [0.15, 0.2) is 0 Å². The summed E-state index contributed by atoms with van der Waals surface area (Å²) in [4.78, 5) is 17.0. The maximum Gasteiger partial charge on any atom is 0.237 e. The van der Waals surface area contributed by atoms with Crippen molar-refractivity contribution in [3.05, 3.63) is 87.8 Å². The molecule has 2 aromatic carbocycles. The van der Waals surface area contributed by atoms with Gasteiger partial charge in [0.2, 0.25) is 5.91 Å². The molecular formula is C25H26ClN3OS. The van der Waals surface area contributed by atoms with E-state index in [-0.39, 0.29) is 18.3 Å². The predicted octanol–water partition coefficient (Wildman–Crippen LogP) is 5.58. The third kappa shape index (κ3) is 4.83. The second kappa shape index (κ2) is 10.1. The number of nitriles is 1. The lowest BCUT2D eigenvalue weighted by atomic mass is 9.90. The summed E-state index contributed by atoms with van der Waals surface area (Å²) in [5.74, 6) is -0.534. The van der Waals surface area contributed by atoms with Crippen molar-refractivity contribution in [3.8, 4) is 6.07 Å². The lowest BCUT2D eigenvalue weighted by Gasteiger charge is -2.30. The lowest BCUT2D eigenvalue weighted by molar-refractivity contribution is -0.116. The van der Waals surface area contributed by atoms with Crippen molar-refractivity contribution in [2.75, 3.05) is 11.9 Å². The lowest BCUT2D eigenvalue weighted by Crippen LogP contribution is -2.35. The topological polar surface area (TPSA) is 56.1 Å². The van der Waals surface area contributed by atoms with Gasteiger partial charge >= 0.3 is 0 Å². The van der Waals surface area contributed by atoms with Gasteiger partial charge in [0.05, 0.1) is 11.5 Å². The van der Waals surface area contributed by atoms with Crippen molar-refractivity contribution in [3.63, 3.8) is 0 Å². The molecule has 1 N–H and O–H groups in total. The Morgan fingerprint density at radius 1 is 1.06 bits per heavy atom. The Bertz CT molecular complexity index is 1030. The van der Waals surface area contributed by atoms with Crippen LogP contribution >= 0.6 is 23.7 Å². The first-order chi connectivity index (χ1) is 14.6. The molecule has 1 aliphatic rings. The number of fused-ring (bicyclic) bond motifs is 1. The Labute approximate surface area is 193 Å². The first kappa shape index (κ1) is 23.0. The fraction of sp³-hybridized carbons (Fsp3) is 0.280. The Hall–Kier alpha value is -2.65. The smallest absolute Gasteiger partial charge is 0.237 e. The number of carbonyl (C=O) groups excluding carboxylic acids is 1. The van der Waals surface area contributed by atoms with Gasteiger partial charge in [0, 0.05) is 24.0 Å². The Kier molecular flexibility index (Phi) is 7.50. The molecule has 0 unspecified atom stereocenters. The highest BCUT2D eigenvalue weighted by atomic mass is 35.5. The molecule has 0 aliphatic carbocycles. The second-order valence-electron chi connectivity index (χ2n) is 7.88. The summed E-state index contributed by atoms with van der Waals surface area (Å²) in [7, 11) is 0. The van der Waals surface area contributed by atoms with Crippen LogP contribution in [-0.4, -0.2) is 23.4 Å². The number of benzene rings is 2. The molecule has 1 amide bonds. The molecule has 3 aromatic rings. The highest BCUT2D eigenvalue weighted by Crippen LogP contribution is 2.38. The fourth-order valence-corrected chi connectivity index (χ4v) is 5.27. The molecule has 2 heterocycles. The third-order valence-corrected chi connectivity index (χ3v) is 6.83. The zero-order chi connectivity index (χ0) is 21.1. The van der Waals surface area contributed by atoms with Crippen LogP contribution in [0.3, 0.4) is 0 Å². The van der Waals surface area contributed by atoms with Crippen LogP contribution in [0.5, 0.6) is 0 Å². The van der Waals surface area contributed by atoms with E-state index in [4.69, 9.17) is 0 Å². The van der Waals surface area contributed by atoms with Crippen LogP contribution in [-0.2, 0) is 17.8 Å². The molecule has 1 aromatic heterocycles. The molecule has 6 heteroatoms. The molecule has 4 nitrogen and oxygen atoms in total. The zero-order valence-corrected chi connectivity index (χ0v) is 19.3. The van der Waals surface area contributed by atoms with Crippen LogP contribution in [0.1, 0.15) is 46.9 Å². The van der Waals surface area contributed by atoms with Crippen molar-refractivity contribution in [1.82, 2.24) is 4.90 Å². The number of thiophene rings is 1. The number of carbonyl (C=O) groups is 1. The molecule has 1 aliphatic heterocycles. The number of amides is 1. The summed E-state index contributed by atoms with van der Waals surface area (Å²) >= 11 is 1.55. The standard InChI is InChI=1S/C25H25N3OS.ClH/c1-17(2)28-14-13-20-21(15-26)25(30-22(20)16-28)27-24(29)23(18-9-5-3-6-10-18)19-11-7-4-8-12-19;/h3-12,17,23H,13-14,16H2,1-2H3,(H,27,29);1H. The first-order valence-corrected chi connectivity index (χ1v) is 11.1. The number of rotatable bonds is 5. The number of hydrogen-bond donors (Lipinski definition) is 1. The first-order valence-electron chi connectivity index (χ1n) is 10.3. The number of halogens is 1. The summed E-state index contributed by atoms with van der Waals surface area (Å²) < 4.78 is 0. The average Bonchev–Trinajstić information content (AvgIpc) is 3.11. The van der Waals surface area contributed by atoms with E-state index in [1.807, 2.05) is 60.7 Å². The van der Waals surface area contributed by atoms with Gasteiger partial charge in [-0.3, -0.25) is 9.69 Å². The van der Waals surface area contributed by atoms with Gasteiger partial charge < -0.3 is 5.32 Å². The van der Waals surface area contributed by atoms with Crippen LogP contribution in [0.25, 0.3) is 0 Å². The maximum atomic E-state index is 13.4. The van der Waals surface area contributed by atoms with Crippen molar-refractivity contribution >= 4 is 34.7 Å². The van der Waals surface area contributed by atoms with E-state index in [0.717, 1.165) is 36.2 Å². The fourth-order valence-electron chi connectivity index (χ4n) is 4.04. The quantitative estimate of drug-likeness (QED) is 0.551. The summed E-state index contributed by atoms with van der Waals surface area (Å²) in [6.07, 6.45) is 0.851. The van der Waals surface area contributed by atoms with Gasteiger partial charge in [-0.25, -0.2) is 0 Å². The van der Waals surface area contributed by atoms with Gasteiger partial charge in [-0.2, -0.15) is 5.26 Å². The van der Waals surface area contributed by atoms with Crippen molar-refractivity contribution in [2.24, 2.45) is 0 Å². The number of nitrogens with one attached hydrogen (secondary N) is 1. The van der Waals surface area contributed by atoms with E-state index in [1.165, 1.54) is 4.88 Å². The SMILES string of the molecule is CC(C)N1CCc2c(sc(NC(=O)C(c3ccccc3)c3ccccc3)c2C#N)C1.Cl. The normalized spacial score (nSPS) is 13.4. The molecular weight excluding hydrogens is 426 g/mol. The van der Waals surface area contributed by atoms with Crippen LogP contribution in [0, 0.1) is 11.3 Å². The summed E-state index contributed by atoms with van der Waals surface area (Å²) in [6.45, 7) is 6.16. The largest absolute Gasteiger partial charge is 0.316 e. The van der Waals surface area contributed by atoms with Crippen LogP contribution < -0.4 is 5.32 Å². The predicted molar refractivity (Wildman–Crippen MR) is 129 cm³/mol. The molecule has 0 bridgehead atoms. The van der Waals surface area contributed by atoms with Gasteiger partial charge in [-0.15, -0.1) is 23.7 Å². The van der Waals surface area contributed by atoms with Crippen molar-refractivity contribution < 1.29 is 4.79 Å². The highest BCUT2D eigenvalue weighted by Gasteiger charge is 2.28. The third-order valence-electron chi connectivity index (χ3n) is 5.69. The van der Waals surface area contributed by atoms with Crippen molar-refractivity contribution in [2.45, 2.75) is 38.8 Å².